The minimum Gasteiger partial charge on any atom is -0.493 e. The fourth-order valence-corrected chi connectivity index (χ4v) is 3.17. The third kappa shape index (κ3) is 5.09. The average molecular weight is 451 g/mol. The molecule has 0 spiro atoms. The number of non-ortho nitro benzene ring substituents is 1. The van der Waals surface area contributed by atoms with Gasteiger partial charge in [0.05, 0.1) is 31.8 Å². The zero-order valence-electron chi connectivity index (χ0n) is 18.1. The Bertz CT molecular complexity index is 1130. The molecule has 0 fully saturated rings. The molecule has 9 heteroatoms. The van der Waals surface area contributed by atoms with Crippen molar-refractivity contribution in [1.82, 2.24) is 0 Å². The van der Waals surface area contributed by atoms with Gasteiger partial charge in [-0.05, 0) is 24.3 Å². The monoisotopic (exact) mass is 451 g/mol. The number of carbonyl (C=O) groups is 2. The molecule has 3 rings (SSSR count). The van der Waals surface area contributed by atoms with Gasteiger partial charge in [0.25, 0.3) is 5.69 Å². The predicted molar refractivity (Wildman–Crippen MR) is 118 cm³/mol. The summed E-state index contributed by atoms with van der Waals surface area (Å²) in [4.78, 5) is 36.7. The number of hydrogen-bond donors (Lipinski definition) is 0. The van der Waals surface area contributed by atoms with Crippen LogP contribution in [0, 0.1) is 10.1 Å². The van der Waals surface area contributed by atoms with Crippen molar-refractivity contribution < 1.29 is 33.5 Å². The van der Waals surface area contributed by atoms with E-state index in [4.69, 9.17) is 18.9 Å². The zero-order valence-corrected chi connectivity index (χ0v) is 18.1. The first kappa shape index (κ1) is 23.3. The summed E-state index contributed by atoms with van der Waals surface area (Å²) in [6.45, 7) is 0. The van der Waals surface area contributed by atoms with E-state index in [0.29, 0.717) is 11.3 Å². The van der Waals surface area contributed by atoms with Crippen LogP contribution in [0.4, 0.5) is 5.69 Å². The van der Waals surface area contributed by atoms with Crippen molar-refractivity contribution in [2.45, 2.75) is 6.10 Å². The number of Topliss-reactive ketones (excluding diaryl/α,β-unsaturated/α-hetero) is 1. The van der Waals surface area contributed by atoms with Gasteiger partial charge < -0.3 is 18.9 Å². The second kappa shape index (κ2) is 10.3. The van der Waals surface area contributed by atoms with Gasteiger partial charge in [-0.3, -0.25) is 14.9 Å². The largest absolute Gasteiger partial charge is 0.493 e. The lowest BCUT2D eigenvalue weighted by Crippen LogP contribution is -2.20. The predicted octanol–water partition coefficient (Wildman–Crippen LogP) is 4.40. The number of carbonyl (C=O) groups excluding carboxylic acids is 2. The van der Waals surface area contributed by atoms with Crippen molar-refractivity contribution in [1.29, 1.82) is 0 Å². The van der Waals surface area contributed by atoms with Crippen LogP contribution in [-0.4, -0.2) is 38.0 Å². The summed E-state index contributed by atoms with van der Waals surface area (Å²) < 4.78 is 21.4. The summed E-state index contributed by atoms with van der Waals surface area (Å²) in [5, 5.41) is 11.0. The Labute approximate surface area is 189 Å². The third-order valence-electron chi connectivity index (χ3n) is 4.83. The number of nitro benzene ring substituents is 1. The van der Waals surface area contributed by atoms with E-state index in [1.165, 1.54) is 57.7 Å². The molecule has 0 heterocycles. The highest BCUT2D eigenvalue weighted by Crippen LogP contribution is 2.39. The lowest BCUT2D eigenvalue weighted by Gasteiger charge is -2.19. The number of nitro groups is 1. The Morgan fingerprint density at radius 2 is 1.39 bits per heavy atom. The van der Waals surface area contributed by atoms with E-state index in [2.05, 4.69) is 0 Å². The van der Waals surface area contributed by atoms with Gasteiger partial charge in [-0.15, -0.1) is 0 Å². The molecule has 0 aliphatic heterocycles. The van der Waals surface area contributed by atoms with Gasteiger partial charge >= 0.3 is 5.97 Å². The molecule has 0 saturated carbocycles. The SMILES string of the molecule is COc1cc(C(=O)O[C@H](C(=O)c2ccccc2)c2ccc([N+](=O)[O-])cc2)cc(OC)c1OC. The van der Waals surface area contributed by atoms with Gasteiger partial charge in [-0.25, -0.2) is 4.79 Å². The topological polar surface area (TPSA) is 114 Å². The minimum atomic E-state index is -1.33. The van der Waals surface area contributed by atoms with Crippen LogP contribution in [-0.2, 0) is 4.74 Å². The summed E-state index contributed by atoms with van der Waals surface area (Å²) in [6.07, 6.45) is -1.33. The molecular formula is C24H21NO8. The van der Waals surface area contributed by atoms with Crippen molar-refractivity contribution >= 4 is 17.4 Å². The molecule has 170 valence electrons. The molecule has 0 aliphatic rings. The Morgan fingerprint density at radius 1 is 0.818 bits per heavy atom. The van der Waals surface area contributed by atoms with Gasteiger partial charge in [0.1, 0.15) is 0 Å². The van der Waals surface area contributed by atoms with Crippen molar-refractivity contribution in [3.63, 3.8) is 0 Å². The molecule has 0 aliphatic carbocycles. The van der Waals surface area contributed by atoms with Gasteiger partial charge in [0, 0.05) is 23.3 Å². The molecule has 0 bridgehead atoms. The van der Waals surface area contributed by atoms with Crippen LogP contribution in [0.3, 0.4) is 0 Å². The molecule has 0 radical (unpaired) electrons. The van der Waals surface area contributed by atoms with Gasteiger partial charge in [0.2, 0.25) is 11.5 Å². The normalized spacial score (nSPS) is 11.2. The number of rotatable bonds is 9. The second-order valence-electron chi connectivity index (χ2n) is 6.78. The third-order valence-corrected chi connectivity index (χ3v) is 4.83. The van der Waals surface area contributed by atoms with Gasteiger partial charge in [-0.1, -0.05) is 30.3 Å². The molecule has 0 unspecified atom stereocenters. The molecule has 0 N–H and O–H groups in total. The lowest BCUT2D eigenvalue weighted by atomic mass is 9.99. The Morgan fingerprint density at radius 3 is 1.88 bits per heavy atom. The van der Waals surface area contributed by atoms with Crippen LogP contribution in [0.25, 0.3) is 0 Å². The van der Waals surface area contributed by atoms with E-state index in [1.807, 2.05) is 0 Å². The lowest BCUT2D eigenvalue weighted by molar-refractivity contribution is -0.384. The first-order valence-electron chi connectivity index (χ1n) is 9.74. The molecule has 0 saturated heterocycles. The van der Waals surface area contributed by atoms with Crippen molar-refractivity contribution in [3.8, 4) is 17.2 Å². The molecule has 9 nitrogen and oxygen atoms in total. The maximum Gasteiger partial charge on any atom is 0.339 e. The van der Waals surface area contributed by atoms with Crippen LogP contribution < -0.4 is 14.2 Å². The summed E-state index contributed by atoms with van der Waals surface area (Å²) >= 11 is 0. The quantitative estimate of drug-likeness (QED) is 0.204. The molecule has 1 atom stereocenters. The standard InChI is InChI=1S/C24H21NO8/c1-30-19-13-17(14-20(31-2)23(19)32-3)24(27)33-22(21(26)15-7-5-4-6-8-15)16-9-11-18(12-10-16)25(28)29/h4-14,22H,1-3H3/t22-/m0/s1. The van der Waals surface area contributed by atoms with Crippen LogP contribution in [0.2, 0.25) is 0 Å². The van der Waals surface area contributed by atoms with Crippen molar-refractivity contribution in [3.05, 3.63) is 93.5 Å². The fourth-order valence-electron chi connectivity index (χ4n) is 3.17. The molecule has 3 aromatic carbocycles. The van der Waals surface area contributed by atoms with Crippen LogP contribution in [0.1, 0.15) is 32.4 Å². The summed E-state index contributed by atoms with van der Waals surface area (Å²) in [5.74, 6) is -0.522. The number of ketones is 1. The highest BCUT2D eigenvalue weighted by Gasteiger charge is 2.28. The van der Waals surface area contributed by atoms with E-state index >= 15 is 0 Å². The Balaban J connectivity index is 2.00. The molecule has 0 aromatic heterocycles. The number of ether oxygens (including phenoxy) is 4. The number of benzene rings is 3. The minimum absolute atomic E-state index is 0.0669. The fraction of sp³-hybridized carbons (Fsp3) is 0.167. The average Bonchev–Trinajstić information content (AvgIpc) is 2.86. The number of nitrogens with zero attached hydrogens (tertiary/aromatic N) is 1. The number of hydrogen-bond acceptors (Lipinski definition) is 8. The van der Waals surface area contributed by atoms with Crippen LogP contribution in [0.15, 0.2) is 66.7 Å². The summed E-state index contributed by atoms with van der Waals surface area (Å²) in [7, 11) is 4.25. The highest BCUT2D eigenvalue weighted by atomic mass is 16.6. The van der Waals surface area contributed by atoms with E-state index < -0.39 is 22.8 Å². The van der Waals surface area contributed by atoms with E-state index in [0.717, 1.165) is 0 Å². The molecule has 0 amide bonds. The van der Waals surface area contributed by atoms with Crippen molar-refractivity contribution in [2.24, 2.45) is 0 Å². The Hall–Kier alpha value is -4.40. The van der Waals surface area contributed by atoms with E-state index in [1.54, 1.807) is 30.3 Å². The van der Waals surface area contributed by atoms with Crippen LogP contribution >= 0.6 is 0 Å². The maximum absolute atomic E-state index is 13.2. The van der Waals surface area contributed by atoms with Gasteiger partial charge in [-0.2, -0.15) is 0 Å². The number of esters is 1. The maximum atomic E-state index is 13.2. The summed E-state index contributed by atoms with van der Waals surface area (Å²) in [6, 6.07) is 16.4. The zero-order chi connectivity index (χ0) is 24.0. The smallest absolute Gasteiger partial charge is 0.339 e. The van der Waals surface area contributed by atoms with Gasteiger partial charge in [0.15, 0.2) is 17.6 Å². The van der Waals surface area contributed by atoms with E-state index in [-0.39, 0.29) is 28.3 Å². The first-order valence-corrected chi connectivity index (χ1v) is 9.74. The summed E-state index contributed by atoms with van der Waals surface area (Å²) in [5.41, 5.74) is 0.520. The van der Waals surface area contributed by atoms with Crippen LogP contribution in [0.5, 0.6) is 17.2 Å². The molecule has 33 heavy (non-hydrogen) atoms. The highest BCUT2D eigenvalue weighted by molar-refractivity contribution is 6.02. The van der Waals surface area contributed by atoms with Crippen molar-refractivity contribution in [2.75, 3.05) is 21.3 Å². The first-order chi connectivity index (χ1) is 15.9. The van der Waals surface area contributed by atoms with E-state index in [9.17, 15) is 19.7 Å². The Kier molecular flexibility index (Phi) is 7.24. The number of methoxy groups -OCH3 is 3. The second-order valence-corrected chi connectivity index (χ2v) is 6.78. The molecular weight excluding hydrogens is 430 g/mol. The molecule has 3 aromatic rings.